The van der Waals surface area contributed by atoms with Gasteiger partial charge in [0.15, 0.2) is 0 Å². The zero-order valence-electron chi connectivity index (χ0n) is 9.18. The van der Waals surface area contributed by atoms with Crippen LogP contribution in [0.2, 0.25) is 10.0 Å². The topological polar surface area (TPSA) is 12.0 Å². The first-order valence-electron chi connectivity index (χ1n) is 5.19. The summed E-state index contributed by atoms with van der Waals surface area (Å²) in [7, 11) is 0. The van der Waals surface area contributed by atoms with Crippen molar-refractivity contribution in [1.29, 1.82) is 0 Å². The molecule has 0 radical (unpaired) electrons. The molecule has 0 heterocycles. The maximum atomic E-state index is 12.9. The highest BCUT2D eigenvalue weighted by atomic mass is 79.9. The second-order valence-corrected chi connectivity index (χ2v) is 5.44. The second kappa shape index (κ2) is 5.91. The Morgan fingerprint density at radius 2 is 1.83 bits per heavy atom. The zero-order chi connectivity index (χ0) is 13.1. The Kier molecular flexibility index (Phi) is 4.49. The smallest absolute Gasteiger partial charge is 0.124 e. The Balaban J connectivity index is 2.13. The van der Waals surface area contributed by atoms with Crippen LogP contribution in [0.15, 0.2) is 40.9 Å². The molecule has 0 unspecified atom stereocenters. The number of anilines is 1. The van der Waals surface area contributed by atoms with Crippen molar-refractivity contribution in [2.45, 2.75) is 6.54 Å². The van der Waals surface area contributed by atoms with Gasteiger partial charge in [-0.25, -0.2) is 4.39 Å². The average Bonchev–Trinajstić information content (AvgIpc) is 2.32. The van der Waals surface area contributed by atoms with E-state index in [1.807, 2.05) is 12.1 Å². The van der Waals surface area contributed by atoms with Crippen molar-refractivity contribution in [1.82, 2.24) is 0 Å². The summed E-state index contributed by atoms with van der Waals surface area (Å²) in [5.41, 5.74) is 1.61. The number of hydrogen-bond donors (Lipinski definition) is 1. The highest BCUT2D eigenvalue weighted by Gasteiger charge is 2.04. The number of halogens is 4. The molecule has 2 aromatic rings. The monoisotopic (exact) mass is 347 g/mol. The van der Waals surface area contributed by atoms with Crippen molar-refractivity contribution in [2.75, 3.05) is 5.32 Å². The molecule has 0 aromatic heterocycles. The van der Waals surface area contributed by atoms with E-state index in [1.54, 1.807) is 12.1 Å². The van der Waals surface area contributed by atoms with Gasteiger partial charge in [0.2, 0.25) is 0 Å². The van der Waals surface area contributed by atoms with Gasteiger partial charge in [0.1, 0.15) is 5.82 Å². The lowest BCUT2D eigenvalue weighted by atomic mass is 10.2. The van der Waals surface area contributed by atoms with Crippen LogP contribution in [0, 0.1) is 5.82 Å². The van der Waals surface area contributed by atoms with E-state index in [-0.39, 0.29) is 5.82 Å². The summed E-state index contributed by atoms with van der Waals surface area (Å²) in [6.45, 7) is 0.481. The molecule has 0 spiro atoms. The number of hydrogen-bond acceptors (Lipinski definition) is 1. The van der Waals surface area contributed by atoms with E-state index in [0.29, 0.717) is 16.6 Å². The lowest BCUT2D eigenvalue weighted by molar-refractivity contribution is 0.627. The van der Waals surface area contributed by atoms with Crippen molar-refractivity contribution in [3.63, 3.8) is 0 Å². The van der Waals surface area contributed by atoms with Crippen LogP contribution in [-0.4, -0.2) is 0 Å². The van der Waals surface area contributed by atoms with Crippen LogP contribution in [0.3, 0.4) is 0 Å². The summed E-state index contributed by atoms with van der Waals surface area (Å²) in [5.74, 6) is -0.343. The molecule has 0 saturated heterocycles. The van der Waals surface area contributed by atoms with Gasteiger partial charge in [-0.15, -0.1) is 0 Å². The Morgan fingerprint density at radius 1 is 1.06 bits per heavy atom. The van der Waals surface area contributed by atoms with E-state index in [0.717, 1.165) is 15.7 Å². The molecule has 0 aliphatic rings. The van der Waals surface area contributed by atoms with E-state index < -0.39 is 0 Å². The molecule has 0 aliphatic heterocycles. The Morgan fingerprint density at radius 3 is 2.56 bits per heavy atom. The quantitative estimate of drug-likeness (QED) is 0.771. The largest absolute Gasteiger partial charge is 0.380 e. The minimum atomic E-state index is -0.343. The molecule has 2 aromatic carbocycles. The van der Waals surface area contributed by atoms with Crippen LogP contribution < -0.4 is 5.32 Å². The lowest BCUT2D eigenvalue weighted by Crippen LogP contribution is -2.01. The van der Waals surface area contributed by atoms with Gasteiger partial charge in [0.05, 0.1) is 10.7 Å². The van der Waals surface area contributed by atoms with Crippen molar-refractivity contribution in [2.24, 2.45) is 0 Å². The van der Waals surface area contributed by atoms with E-state index in [9.17, 15) is 4.39 Å². The summed E-state index contributed by atoms with van der Waals surface area (Å²) >= 11 is 15.4. The van der Waals surface area contributed by atoms with Crippen LogP contribution >= 0.6 is 39.1 Å². The first-order valence-corrected chi connectivity index (χ1v) is 6.74. The van der Waals surface area contributed by atoms with Crippen LogP contribution in [0.4, 0.5) is 10.1 Å². The summed E-state index contributed by atoms with van der Waals surface area (Å²) in [6, 6.07) is 9.85. The Hall–Kier alpha value is -0.770. The normalized spacial score (nSPS) is 10.4. The average molecular weight is 349 g/mol. The Bertz CT molecular complexity index is 575. The Labute approximate surface area is 123 Å². The maximum Gasteiger partial charge on any atom is 0.124 e. The molecule has 1 nitrogen and oxygen atoms in total. The fraction of sp³-hybridized carbons (Fsp3) is 0.0769. The summed E-state index contributed by atoms with van der Waals surface area (Å²) in [5, 5.41) is 4.18. The molecule has 0 fully saturated rings. The molecule has 0 saturated carbocycles. The minimum Gasteiger partial charge on any atom is -0.380 e. The van der Waals surface area contributed by atoms with Gasteiger partial charge in [-0.1, -0.05) is 45.2 Å². The summed E-state index contributed by atoms with van der Waals surface area (Å²) in [6.07, 6.45) is 0. The van der Waals surface area contributed by atoms with E-state index in [4.69, 9.17) is 23.2 Å². The fourth-order valence-corrected chi connectivity index (χ4v) is 2.27. The number of benzene rings is 2. The molecule has 2 rings (SSSR count). The maximum absolute atomic E-state index is 12.9. The highest BCUT2D eigenvalue weighted by molar-refractivity contribution is 9.10. The molecule has 5 heteroatoms. The third kappa shape index (κ3) is 3.37. The van der Waals surface area contributed by atoms with E-state index in [1.165, 1.54) is 12.1 Å². The highest BCUT2D eigenvalue weighted by Crippen LogP contribution is 2.27. The third-order valence-corrected chi connectivity index (χ3v) is 3.59. The molecule has 0 aliphatic carbocycles. The molecule has 94 valence electrons. The minimum absolute atomic E-state index is 0.343. The first-order chi connectivity index (χ1) is 8.56. The molecule has 0 amide bonds. The number of nitrogens with one attached hydrogen (secondary N) is 1. The van der Waals surface area contributed by atoms with Crippen LogP contribution in [-0.2, 0) is 6.54 Å². The van der Waals surface area contributed by atoms with Gasteiger partial charge < -0.3 is 5.32 Å². The SMILES string of the molecule is Fc1ccc(CNc2cc(Br)ccc2Cl)c(Cl)c1. The van der Waals surface area contributed by atoms with Crippen molar-refractivity contribution < 1.29 is 4.39 Å². The van der Waals surface area contributed by atoms with Crippen molar-refractivity contribution in [3.8, 4) is 0 Å². The van der Waals surface area contributed by atoms with E-state index >= 15 is 0 Å². The van der Waals surface area contributed by atoms with Crippen molar-refractivity contribution >= 4 is 44.8 Å². The predicted octanol–water partition coefficient (Wildman–Crippen LogP) is 5.51. The second-order valence-electron chi connectivity index (χ2n) is 3.71. The van der Waals surface area contributed by atoms with Gasteiger partial charge in [0.25, 0.3) is 0 Å². The standard InChI is InChI=1S/C13H9BrCl2FN/c14-9-2-4-11(15)13(5-9)18-7-8-1-3-10(17)6-12(8)16/h1-6,18H,7H2. The van der Waals surface area contributed by atoms with Crippen LogP contribution in [0.1, 0.15) is 5.56 Å². The summed E-state index contributed by atoms with van der Waals surface area (Å²) < 4.78 is 13.8. The molecular formula is C13H9BrCl2FN. The van der Waals surface area contributed by atoms with E-state index in [2.05, 4.69) is 21.2 Å². The lowest BCUT2D eigenvalue weighted by Gasteiger charge is -2.10. The molecule has 1 N–H and O–H groups in total. The van der Waals surface area contributed by atoms with Gasteiger partial charge in [-0.05, 0) is 35.9 Å². The van der Waals surface area contributed by atoms with Crippen LogP contribution in [0.5, 0.6) is 0 Å². The number of rotatable bonds is 3. The first kappa shape index (κ1) is 13.7. The van der Waals surface area contributed by atoms with Gasteiger partial charge in [-0.3, -0.25) is 0 Å². The molecular weight excluding hydrogens is 340 g/mol. The van der Waals surface area contributed by atoms with Crippen molar-refractivity contribution in [3.05, 3.63) is 62.3 Å². The predicted molar refractivity (Wildman–Crippen MR) is 77.9 cm³/mol. The van der Waals surface area contributed by atoms with Gasteiger partial charge in [-0.2, -0.15) is 0 Å². The molecule has 0 bridgehead atoms. The zero-order valence-corrected chi connectivity index (χ0v) is 12.3. The molecule has 18 heavy (non-hydrogen) atoms. The van der Waals surface area contributed by atoms with Crippen LogP contribution in [0.25, 0.3) is 0 Å². The molecule has 0 atom stereocenters. The third-order valence-electron chi connectivity index (χ3n) is 2.41. The van der Waals surface area contributed by atoms with Gasteiger partial charge >= 0.3 is 0 Å². The summed E-state index contributed by atoms with van der Waals surface area (Å²) in [4.78, 5) is 0. The van der Waals surface area contributed by atoms with Gasteiger partial charge in [0, 0.05) is 16.0 Å². The fourth-order valence-electron chi connectivity index (χ4n) is 1.49.